The summed E-state index contributed by atoms with van der Waals surface area (Å²) < 4.78 is 0. The first-order valence-corrected chi connectivity index (χ1v) is 6.63. The van der Waals surface area contributed by atoms with E-state index in [1.165, 1.54) is 18.3 Å². The lowest BCUT2D eigenvalue weighted by Gasteiger charge is -2.23. The molecule has 0 aliphatic rings. The maximum absolute atomic E-state index is 11.8. The van der Waals surface area contributed by atoms with E-state index in [1.54, 1.807) is 0 Å². The Balaban J connectivity index is 2.45. The van der Waals surface area contributed by atoms with Crippen molar-refractivity contribution in [3.8, 4) is 0 Å². The lowest BCUT2D eigenvalue weighted by atomic mass is 10.2. The van der Waals surface area contributed by atoms with Gasteiger partial charge in [0.25, 0.3) is 5.91 Å². The van der Waals surface area contributed by atoms with Crippen molar-refractivity contribution >= 4 is 11.9 Å². The fraction of sp³-hybridized carbons (Fsp3) is 0.500. The predicted octanol–water partition coefficient (Wildman–Crippen LogP) is 1.24. The molecule has 0 aliphatic carbocycles. The van der Waals surface area contributed by atoms with Crippen molar-refractivity contribution in [2.24, 2.45) is 0 Å². The van der Waals surface area contributed by atoms with Crippen molar-refractivity contribution in [3.05, 3.63) is 29.6 Å². The van der Waals surface area contributed by atoms with E-state index < -0.39 is 5.97 Å². The third kappa shape index (κ3) is 4.62. The minimum absolute atomic E-state index is 0.0712. The maximum atomic E-state index is 11.8. The summed E-state index contributed by atoms with van der Waals surface area (Å²) in [5.41, 5.74) is 0.291. The van der Waals surface area contributed by atoms with Gasteiger partial charge in [0, 0.05) is 25.3 Å². The number of amides is 1. The summed E-state index contributed by atoms with van der Waals surface area (Å²) in [6.45, 7) is 5.56. The van der Waals surface area contributed by atoms with Crippen LogP contribution in [0.3, 0.4) is 0 Å². The van der Waals surface area contributed by atoms with E-state index in [9.17, 15) is 9.59 Å². The SMILES string of the molecule is CCC(C)N(C)CCNC(=O)c1ccc(C(=O)O)nc1. The molecule has 0 spiro atoms. The van der Waals surface area contributed by atoms with Crippen molar-refractivity contribution in [2.45, 2.75) is 26.3 Å². The van der Waals surface area contributed by atoms with Crippen molar-refractivity contribution < 1.29 is 14.7 Å². The second-order valence-electron chi connectivity index (χ2n) is 4.73. The van der Waals surface area contributed by atoms with Gasteiger partial charge in [-0.25, -0.2) is 9.78 Å². The Hall–Kier alpha value is -1.95. The fourth-order valence-corrected chi connectivity index (χ4v) is 1.63. The van der Waals surface area contributed by atoms with Gasteiger partial charge >= 0.3 is 5.97 Å². The molecule has 1 amide bonds. The molecule has 0 bridgehead atoms. The van der Waals surface area contributed by atoms with E-state index in [0.29, 0.717) is 18.2 Å². The van der Waals surface area contributed by atoms with Crippen LogP contribution in [0.2, 0.25) is 0 Å². The van der Waals surface area contributed by atoms with Crippen LogP contribution < -0.4 is 5.32 Å². The number of carbonyl (C=O) groups is 2. The zero-order valence-electron chi connectivity index (χ0n) is 12.1. The second kappa shape index (κ2) is 7.59. The Morgan fingerprint density at radius 2 is 2.15 bits per heavy atom. The van der Waals surface area contributed by atoms with Gasteiger partial charge in [-0.2, -0.15) is 0 Å². The van der Waals surface area contributed by atoms with E-state index in [1.807, 2.05) is 7.05 Å². The number of nitrogens with one attached hydrogen (secondary N) is 1. The highest BCUT2D eigenvalue weighted by molar-refractivity contribution is 5.94. The molecule has 1 atom stereocenters. The molecule has 20 heavy (non-hydrogen) atoms. The normalized spacial score (nSPS) is 12.2. The van der Waals surface area contributed by atoms with E-state index in [4.69, 9.17) is 5.11 Å². The van der Waals surface area contributed by atoms with Crippen molar-refractivity contribution in [2.75, 3.05) is 20.1 Å². The maximum Gasteiger partial charge on any atom is 0.354 e. The molecule has 2 N–H and O–H groups in total. The molecule has 6 nitrogen and oxygen atoms in total. The van der Waals surface area contributed by atoms with Crippen molar-refractivity contribution in [1.82, 2.24) is 15.2 Å². The molecule has 0 fully saturated rings. The van der Waals surface area contributed by atoms with Crippen LogP contribution in [0, 0.1) is 0 Å². The average molecular weight is 279 g/mol. The Morgan fingerprint density at radius 1 is 1.45 bits per heavy atom. The third-order valence-corrected chi connectivity index (χ3v) is 3.34. The molecule has 0 aliphatic heterocycles. The summed E-state index contributed by atoms with van der Waals surface area (Å²) in [7, 11) is 2.02. The second-order valence-corrected chi connectivity index (χ2v) is 4.73. The molecular formula is C14H21N3O3. The zero-order chi connectivity index (χ0) is 15.1. The predicted molar refractivity (Wildman–Crippen MR) is 75.9 cm³/mol. The number of nitrogens with zero attached hydrogens (tertiary/aromatic N) is 2. The van der Waals surface area contributed by atoms with Crippen LogP contribution in [0.25, 0.3) is 0 Å². The Labute approximate surface area is 118 Å². The van der Waals surface area contributed by atoms with Gasteiger partial charge in [-0.3, -0.25) is 4.79 Å². The Bertz CT molecular complexity index is 459. The monoisotopic (exact) mass is 279 g/mol. The van der Waals surface area contributed by atoms with Gasteiger partial charge in [-0.15, -0.1) is 0 Å². The van der Waals surface area contributed by atoms with Crippen LogP contribution in [-0.2, 0) is 0 Å². The number of aromatic nitrogens is 1. The first kappa shape index (κ1) is 16.1. The Kier molecular flexibility index (Phi) is 6.11. The number of carboxylic acids is 1. The van der Waals surface area contributed by atoms with Gasteiger partial charge < -0.3 is 15.3 Å². The van der Waals surface area contributed by atoms with E-state index in [0.717, 1.165) is 13.0 Å². The van der Waals surface area contributed by atoms with E-state index in [-0.39, 0.29) is 11.6 Å². The number of hydrogen-bond acceptors (Lipinski definition) is 4. The number of likely N-dealkylation sites (N-methyl/N-ethyl adjacent to an activating group) is 1. The number of carbonyl (C=O) groups excluding carboxylic acids is 1. The molecular weight excluding hydrogens is 258 g/mol. The molecule has 1 unspecified atom stereocenters. The van der Waals surface area contributed by atoms with Crippen LogP contribution in [-0.4, -0.2) is 53.0 Å². The number of aromatic carboxylic acids is 1. The molecule has 1 rings (SSSR count). The number of hydrogen-bond donors (Lipinski definition) is 2. The topological polar surface area (TPSA) is 82.5 Å². The molecule has 1 heterocycles. The minimum atomic E-state index is -1.10. The quantitative estimate of drug-likeness (QED) is 0.784. The van der Waals surface area contributed by atoms with Gasteiger partial charge in [-0.1, -0.05) is 6.92 Å². The van der Waals surface area contributed by atoms with Gasteiger partial charge in [-0.05, 0) is 32.5 Å². The van der Waals surface area contributed by atoms with Crippen LogP contribution in [0.1, 0.15) is 41.1 Å². The number of rotatable bonds is 7. The van der Waals surface area contributed by atoms with Gasteiger partial charge in [0.15, 0.2) is 0 Å². The first-order chi connectivity index (χ1) is 9.45. The molecule has 1 aromatic rings. The lowest BCUT2D eigenvalue weighted by Crippen LogP contribution is -2.37. The number of carboxylic acid groups (broad SMARTS) is 1. The summed E-state index contributed by atoms with van der Waals surface area (Å²) >= 11 is 0. The molecule has 110 valence electrons. The first-order valence-electron chi connectivity index (χ1n) is 6.63. The van der Waals surface area contributed by atoms with Gasteiger partial charge in [0.05, 0.1) is 5.56 Å². The highest BCUT2D eigenvalue weighted by atomic mass is 16.4. The minimum Gasteiger partial charge on any atom is -0.477 e. The summed E-state index contributed by atoms with van der Waals surface area (Å²) in [5.74, 6) is -1.35. The van der Waals surface area contributed by atoms with Crippen LogP contribution in [0.15, 0.2) is 18.3 Å². The Morgan fingerprint density at radius 3 is 2.65 bits per heavy atom. The average Bonchev–Trinajstić information content (AvgIpc) is 2.46. The van der Waals surface area contributed by atoms with Crippen LogP contribution >= 0.6 is 0 Å². The van der Waals surface area contributed by atoms with Gasteiger partial charge in [0.2, 0.25) is 0 Å². The molecule has 1 aromatic heterocycles. The number of pyridine rings is 1. The highest BCUT2D eigenvalue weighted by Gasteiger charge is 2.10. The fourth-order valence-electron chi connectivity index (χ4n) is 1.63. The van der Waals surface area contributed by atoms with Crippen LogP contribution in [0.5, 0.6) is 0 Å². The highest BCUT2D eigenvalue weighted by Crippen LogP contribution is 2.01. The molecule has 6 heteroatoms. The third-order valence-electron chi connectivity index (χ3n) is 3.34. The van der Waals surface area contributed by atoms with E-state index >= 15 is 0 Å². The molecule has 0 aromatic carbocycles. The molecule has 0 saturated carbocycles. The lowest BCUT2D eigenvalue weighted by molar-refractivity contribution is 0.0689. The van der Waals surface area contributed by atoms with Crippen molar-refractivity contribution in [3.63, 3.8) is 0 Å². The summed E-state index contributed by atoms with van der Waals surface area (Å²) in [6, 6.07) is 3.26. The molecule has 0 radical (unpaired) electrons. The summed E-state index contributed by atoms with van der Waals surface area (Å²) in [5, 5.41) is 11.5. The van der Waals surface area contributed by atoms with E-state index in [2.05, 4.69) is 29.0 Å². The summed E-state index contributed by atoms with van der Waals surface area (Å²) in [6.07, 6.45) is 2.34. The standard InChI is InChI=1S/C14H21N3O3/c1-4-10(2)17(3)8-7-15-13(18)11-5-6-12(14(19)20)16-9-11/h5-6,9-10H,4,7-8H2,1-3H3,(H,15,18)(H,19,20). The van der Waals surface area contributed by atoms with Crippen molar-refractivity contribution in [1.29, 1.82) is 0 Å². The van der Waals surface area contributed by atoms with Gasteiger partial charge in [0.1, 0.15) is 5.69 Å². The van der Waals surface area contributed by atoms with Crippen LogP contribution in [0.4, 0.5) is 0 Å². The summed E-state index contributed by atoms with van der Waals surface area (Å²) in [4.78, 5) is 28.4. The molecule has 0 saturated heterocycles. The largest absolute Gasteiger partial charge is 0.477 e. The smallest absolute Gasteiger partial charge is 0.354 e. The zero-order valence-corrected chi connectivity index (χ0v) is 12.1.